The Hall–Kier alpha value is -3.35. The molecule has 0 radical (unpaired) electrons. The fraction of sp³-hybridized carbons (Fsp3) is 0.250. The van der Waals surface area contributed by atoms with Crippen molar-refractivity contribution >= 4 is 23.5 Å². The van der Waals surface area contributed by atoms with Crippen LogP contribution in [-0.2, 0) is 9.53 Å². The first-order valence-electron chi connectivity index (χ1n) is 8.69. The predicted molar refractivity (Wildman–Crippen MR) is 98.6 cm³/mol. The summed E-state index contributed by atoms with van der Waals surface area (Å²) in [6, 6.07) is 13.0. The highest BCUT2D eigenvalue weighted by Gasteiger charge is 2.25. The average molecular weight is 365 g/mol. The Kier molecular flexibility index (Phi) is 5.71. The average Bonchev–Trinajstić information content (AvgIpc) is 2.68. The predicted octanol–water partition coefficient (Wildman–Crippen LogP) is 3.93. The maximum absolute atomic E-state index is 12.4. The summed E-state index contributed by atoms with van der Waals surface area (Å²) in [5.74, 6) is -1.12. The third-order valence-corrected chi connectivity index (χ3v) is 4.04. The lowest BCUT2D eigenvalue weighted by molar-refractivity contribution is -0.116. The van der Waals surface area contributed by atoms with Gasteiger partial charge in [-0.25, -0.2) is 4.79 Å². The number of fused-ring (bicyclic) bond motifs is 1. The summed E-state index contributed by atoms with van der Waals surface area (Å²) in [6.45, 7) is 2.26. The van der Waals surface area contributed by atoms with E-state index in [1.807, 2.05) is 6.92 Å². The molecule has 2 aromatic carbocycles. The van der Waals surface area contributed by atoms with E-state index in [0.29, 0.717) is 29.0 Å². The van der Waals surface area contributed by atoms with Crippen LogP contribution in [0, 0.1) is 0 Å². The van der Waals surface area contributed by atoms with Crippen LogP contribution in [0.2, 0.25) is 0 Å². The van der Waals surface area contributed by atoms with E-state index in [9.17, 15) is 14.4 Å². The van der Waals surface area contributed by atoms with Crippen molar-refractivity contribution < 1.29 is 19.1 Å². The van der Waals surface area contributed by atoms with Crippen molar-refractivity contribution in [3.05, 3.63) is 65.2 Å². The van der Waals surface area contributed by atoms with Crippen molar-refractivity contribution in [1.29, 1.82) is 0 Å². The van der Waals surface area contributed by atoms with Crippen molar-refractivity contribution in [2.24, 2.45) is 10.2 Å². The van der Waals surface area contributed by atoms with Crippen LogP contribution in [0.5, 0.6) is 0 Å². The van der Waals surface area contributed by atoms with Gasteiger partial charge in [-0.1, -0.05) is 31.2 Å². The molecule has 138 valence electrons. The van der Waals surface area contributed by atoms with Gasteiger partial charge in [0, 0.05) is 11.3 Å². The van der Waals surface area contributed by atoms with Gasteiger partial charge in [0.05, 0.1) is 18.6 Å². The third-order valence-electron chi connectivity index (χ3n) is 4.04. The number of azo groups is 1. The van der Waals surface area contributed by atoms with Crippen LogP contribution in [0.4, 0.5) is 5.69 Å². The normalized spacial score (nSPS) is 15.1. The molecule has 0 saturated carbocycles. The summed E-state index contributed by atoms with van der Waals surface area (Å²) in [6.07, 6.45) is 0.778. The van der Waals surface area contributed by atoms with Crippen LogP contribution in [0.3, 0.4) is 0 Å². The summed E-state index contributed by atoms with van der Waals surface area (Å²) in [5, 5.41) is 10.3. The number of esters is 1. The minimum atomic E-state index is -0.517. The van der Waals surface area contributed by atoms with Gasteiger partial charge in [0.1, 0.15) is 6.04 Å². The molecule has 1 aliphatic heterocycles. The molecule has 7 nitrogen and oxygen atoms in total. The standard InChI is InChI=1S/C20H19N3O4/c1-2-10-27-20(26)13-6-5-7-14(11-13)21-18(24)12-17-15-8-3-4-9-16(15)19(25)23-22-17/h3-9,11,17H,2,10,12H2,1H3,(H,21,24). The molecule has 2 aromatic rings. The molecule has 1 unspecified atom stereocenters. The lowest BCUT2D eigenvalue weighted by Crippen LogP contribution is -2.18. The zero-order valence-corrected chi connectivity index (χ0v) is 14.8. The van der Waals surface area contributed by atoms with E-state index < -0.39 is 17.9 Å². The van der Waals surface area contributed by atoms with E-state index in [2.05, 4.69) is 15.5 Å². The van der Waals surface area contributed by atoms with E-state index in [4.69, 9.17) is 4.74 Å². The lowest BCUT2D eigenvalue weighted by atomic mass is 9.97. The number of ether oxygens (including phenoxy) is 1. The number of carbonyl (C=O) groups excluding carboxylic acids is 3. The van der Waals surface area contributed by atoms with E-state index in [1.165, 1.54) is 0 Å². The molecule has 0 spiro atoms. The van der Waals surface area contributed by atoms with Crippen molar-refractivity contribution in [1.82, 2.24) is 0 Å². The summed E-state index contributed by atoms with van der Waals surface area (Å²) in [5.41, 5.74) is 2.01. The summed E-state index contributed by atoms with van der Waals surface area (Å²) >= 11 is 0. The van der Waals surface area contributed by atoms with Gasteiger partial charge in [-0.05, 0) is 36.2 Å². The topological polar surface area (TPSA) is 97.2 Å². The zero-order valence-electron chi connectivity index (χ0n) is 14.8. The molecule has 0 aromatic heterocycles. The van der Waals surface area contributed by atoms with E-state index in [0.717, 1.165) is 6.42 Å². The summed E-state index contributed by atoms with van der Waals surface area (Å²) in [4.78, 5) is 36.1. The van der Waals surface area contributed by atoms with Crippen molar-refractivity contribution in [3.63, 3.8) is 0 Å². The second-order valence-corrected chi connectivity index (χ2v) is 6.09. The van der Waals surface area contributed by atoms with Gasteiger partial charge >= 0.3 is 5.97 Å². The van der Waals surface area contributed by atoms with Gasteiger partial charge in [-0.15, -0.1) is 5.11 Å². The van der Waals surface area contributed by atoms with Crippen LogP contribution in [-0.4, -0.2) is 24.4 Å². The Bertz CT molecular complexity index is 908. The van der Waals surface area contributed by atoms with Crippen LogP contribution in [0.25, 0.3) is 0 Å². The molecule has 2 amide bonds. The number of rotatable bonds is 6. The van der Waals surface area contributed by atoms with Crippen LogP contribution in [0.15, 0.2) is 58.8 Å². The lowest BCUT2D eigenvalue weighted by Gasteiger charge is -2.17. The third kappa shape index (κ3) is 4.44. The number of hydrogen-bond acceptors (Lipinski definition) is 5. The molecule has 1 heterocycles. The van der Waals surface area contributed by atoms with Crippen LogP contribution in [0.1, 0.15) is 52.1 Å². The van der Waals surface area contributed by atoms with E-state index in [-0.39, 0.29) is 12.3 Å². The van der Waals surface area contributed by atoms with E-state index in [1.54, 1.807) is 48.5 Å². The van der Waals surface area contributed by atoms with Gasteiger partial charge in [0.2, 0.25) is 5.91 Å². The Morgan fingerprint density at radius 1 is 1.15 bits per heavy atom. The van der Waals surface area contributed by atoms with Crippen LogP contribution < -0.4 is 5.32 Å². The number of benzene rings is 2. The molecule has 0 saturated heterocycles. The second-order valence-electron chi connectivity index (χ2n) is 6.09. The van der Waals surface area contributed by atoms with Crippen LogP contribution >= 0.6 is 0 Å². The molecule has 0 fully saturated rings. The Balaban J connectivity index is 1.67. The molecular weight excluding hydrogens is 346 g/mol. The number of nitrogens with one attached hydrogen (secondary N) is 1. The molecule has 27 heavy (non-hydrogen) atoms. The molecule has 1 aliphatic rings. The highest BCUT2D eigenvalue weighted by atomic mass is 16.5. The smallest absolute Gasteiger partial charge is 0.338 e. The minimum absolute atomic E-state index is 0.0400. The molecule has 1 atom stereocenters. The monoisotopic (exact) mass is 365 g/mol. The number of amides is 2. The molecular formula is C20H19N3O4. The van der Waals surface area contributed by atoms with Gasteiger partial charge in [-0.2, -0.15) is 5.11 Å². The van der Waals surface area contributed by atoms with E-state index >= 15 is 0 Å². The fourth-order valence-electron chi connectivity index (χ4n) is 2.76. The minimum Gasteiger partial charge on any atom is -0.462 e. The van der Waals surface area contributed by atoms with Crippen molar-refractivity contribution in [3.8, 4) is 0 Å². The Morgan fingerprint density at radius 2 is 1.96 bits per heavy atom. The first-order chi connectivity index (χ1) is 13.1. The van der Waals surface area contributed by atoms with Gasteiger partial charge < -0.3 is 10.1 Å². The Morgan fingerprint density at radius 3 is 2.78 bits per heavy atom. The molecule has 1 N–H and O–H groups in total. The highest BCUT2D eigenvalue weighted by Crippen LogP contribution is 2.30. The van der Waals surface area contributed by atoms with Gasteiger partial charge in [0.25, 0.3) is 5.91 Å². The maximum Gasteiger partial charge on any atom is 0.338 e. The summed E-state index contributed by atoms with van der Waals surface area (Å²) < 4.78 is 5.10. The largest absolute Gasteiger partial charge is 0.462 e. The first-order valence-corrected chi connectivity index (χ1v) is 8.69. The SMILES string of the molecule is CCCOC(=O)c1cccc(NC(=O)CC2N=NC(=O)c3ccccc32)c1. The van der Waals surface area contributed by atoms with Crippen molar-refractivity contribution in [2.75, 3.05) is 11.9 Å². The number of carbonyl (C=O) groups is 3. The quantitative estimate of drug-likeness (QED) is 0.784. The fourth-order valence-corrected chi connectivity index (χ4v) is 2.76. The second kappa shape index (κ2) is 8.35. The zero-order chi connectivity index (χ0) is 19.2. The van der Waals surface area contributed by atoms with Gasteiger partial charge in [-0.3, -0.25) is 9.59 Å². The first kappa shape index (κ1) is 18.4. The summed E-state index contributed by atoms with van der Waals surface area (Å²) in [7, 11) is 0. The molecule has 3 rings (SSSR count). The number of nitrogens with zero attached hydrogens (tertiary/aromatic N) is 2. The number of hydrogen-bond donors (Lipinski definition) is 1. The Labute approximate surface area is 156 Å². The highest BCUT2D eigenvalue weighted by molar-refractivity contribution is 5.98. The maximum atomic E-state index is 12.4. The molecule has 7 heteroatoms. The van der Waals surface area contributed by atoms with Gasteiger partial charge in [0.15, 0.2) is 0 Å². The molecule has 0 aliphatic carbocycles. The molecule has 0 bridgehead atoms. The number of anilines is 1. The van der Waals surface area contributed by atoms with Crippen molar-refractivity contribution in [2.45, 2.75) is 25.8 Å².